The van der Waals surface area contributed by atoms with Gasteiger partial charge in [0.25, 0.3) is 11.6 Å². The summed E-state index contributed by atoms with van der Waals surface area (Å²) in [5.74, 6) is 0.718. The van der Waals surface area contributed by atoms with Crippen LogP contribution in [0.3, 0.4) is 0 Å². The van der Waals surface area contributed by atoms with Crippen molar-refractivity contribution in [3.05, 3.63) is 27.8 Å². The van der Waals surface area contributed by atoms with Crippen molar-refractivity contribution in [1.82, 2.24) is 10.2 Å². The first kappa shape index (κ1) is 21.0. The molecule has 0 unspecified atom stereocenters. The fourth-order valence-corrected chi connectivity index (χ4v) is 2.99. The van der Waals surface area contributed by atoms with E-state index in [1.54, 1.807) is 4.90 Å². The summed E-state index contributed by atoms with van der Waals surface area (Å²) in [5.41, 5.74) is -0.236. The summed E-state index contributed by atoms with van der Waals surface area (Å²) in [4.78, 5) is 25.2. The largest absolute Gasteiger partial charge is 0.493 e. The van der Waals surface area contributed by atoms with Crippen LogP contribution in [0.5, 0.6) is 11.5 Å². The van der Waals surface area contributed by atoms with Gasteiger partial charge in [0.05, 0.1) is 25.2 Å². The van der Waals surface area contributed by atoms with Crippen molar-refractivity contribution in [3.8, 4) is 11.5 Å². The first-order chi connectivity index (χ1) is 11.5. The van der Waals surface area contributed by atoms with Crippen LogP contribution in [0.15, 0.2) is 12.1 Å². The Morgan fingerprint density at radius 2 is 1.84 bits per heavy atom. The third-order valence-electron chi connectivity index (χ3n) is 4.32. The van der Waals surface area contributed by atoms with Crippen LogP contribution in [0.1, 0.15) is 23.2 Å². The van der Waals surface area contributed by atoms with Crippen LogP contribution in [0.25, 0.3) is 0 Å². The molecule has 1 saturated heterocycles. The van der Waals surface area contributed by atoms with Gasteiger partial charge in [-0.3, -0.25) is 14.9 Å². The summed E-state index contributed by atoms with van der Waals surface area (Å²) in [6.45, 7) is 2.10. The number of rotatable bonds is 6. The third-order valence-corrected chi connectivity index (χ3v) is 4.32. The Balaban J connectivity index is 0.00000312. The average Bonchev–Trinajstić information content (AvgIpc) is 2.60. The van der Waals surface area contributed by atoms with E-state index in [-0.39, 0.29) is 35.3 Å². The number of nitro groups is 1. The Morgan fingerprint density at radius 3 is 2.32 bits per heavy atom. The Morgan fingerprint density at radius 1 is 1.28 bits per heavy atom. The number of amides is 1. The van der Waals surface area contributed by atoms with Gasteiger partial charge in [-0.15, -0.1) is 12.4 Å². The molecule has 1 aromatic rings. The van der Waals surface area contributed by atoms with E-state index in [1.807, 2.05) is 7.05 Å². The quantitative estimate of drug-likeness (QED) is 0.606. The maximum atomic E-state index is 12.8. The zero-order valence-corrected chi connectivity index (χ0v) is 15.4. The highest BCUT2D eigenvalue weighted by molar-refractivity contribution is 5.99. The van der Waals surface area contributed by atoms with Crippen molar-refractivity contribution >= 4 is 24.0 Å². The van der Waals surface area contributed by atoms with Gasteiger partial charge >= 0.3 is 0 Å². The molecule has 0 saturated carbocycles. The molecule has 1 heterocycles. The molecular formula is C16H24ClN3O5. The third kappa shape index (κ3) is 4.73. The highest BCUT2D eigenvalue weighted by Crippen LogP contribution is 2.35. The molecule has 1 aliphatic heterocycles. The van der Waals surface area contributed by atoms with Gasteiger partial charge in [0, 0.05) is 19.2 Å². The first-order valence-electron chi connectivity index (χ1n) is 7.86. The molecule has 1 fully saturated rings. The zero-order valence-electron chi connectivity index (χ0n) is 14.6. The van der Waals surface area contributed by atoms with Crippen LogP contribution in [-0.2, 0) is 0 Å². The van der Waals surface area contributed by atoms with E-state index in [0.29, 0.717) is 24.8 Å². The molecule has 0 bridgehead atoms. The van der Waals surface area contributed by atoms with E-state index in [0.717, 1.165) is 19.4 Å². The maximum absolute atomic E-state index is 12.8. The van der Waals surface area contributed by atoms with Gasteiger partial charge < -0.3 is 19.7 Å². The highest BCUT2D eigenvalue weighted by atomic mass is 35.5. The second-order valence-corrected chi connectivity index (χ2v) is 5.77. The summed E-state index contributed by atoms with van der Waals surface area (Å²) in [7, 11) is 4.74. The monoisotopic (exact) mass is 373 g/mol. The lowest BCUT2D eigenvalue weighted by Gasteiger charge is -2.32. The van der Waals surface area contributed by atoms with Crippen molar-refractivity contribution in [1.29, 1.82) is 0 Å². The molecule has 0 spiro atoms. The lowest BCUT2D eigenvalue weighted by atomic mass is 9.96. The Hall–Kier alpha value is -2.06. The van der Waals surface area contributed by atoms with Gasteiger partial charge in [0.2, 0.25) is 0 Å². The Labute approximate surface area is 153 Å². The molecular weight excluding hydrogens is 350 g/mol. The number of likely N-dealkylation sites (tertiary alicyclic amines) is 1. The summed E-state index contributed by atoms with van der Waals surface area (Å²) >= 11 is 0. The van der Waals surface area contributed by atoms with Crippen molar-refractivity contribution < 1.29 is 19.2 Å². The second kappa shape index (κ2) is 9.43. The summed E-state index contributed by atoms with van der Waals surface area (Å²) in [6, 6.07) is 2.62. The fourth-order valence-electron chi connectivity index (χ4n) is 2.99. The predicted molar refractivity (Wildman–Crippen MR) is 96.0 cm³/mol. The van der Waals surface area contributed by atoms with Crippen molar-refractivity contribution in [2.45, 2.75) is 12.8 Å². The van der Waals surface area contributed by atoms with E-state index >= 15 is 0 Å². The van der Waals surface area contributed by atoms with Gasteiger partial charge in [-0.1, -0.05) is 0 Å². The summed E-state index contributed by atoms with van der Waals surface area (Å²) < 4.78 is 10.3. The molecule has 9 heteroatoms. The number of nitrogens with zero attached hydrogens (tertiary/aromatic N) is 2. The Kier molecular flexibility index (Phi) is 7.92. The summed E-state index contributed by atoms with van der Waals surface area (Å²) in [5, 5.41) is 14.5. The van der Waals surface area contributed by atoms with Crippen LogP contribution in [0.4, 0.5) is 5.69 Å². The number of benzene rings is 1. The molecule has 0 aliphatic carbocycles. The number of hydrogen-bond donors (Lipinski definition) is 1. The van der Waals surface area contributed by atoms with Crippen LogP contribution in [-0.4, -0.2) is 56.6 Å². The number of carbonyl (C=O) groups excluding carboxylic acids is 1. The predicted octanol–water partition coefficient (Wildman–Crippen LogP) is 2.11. The summed E-state index contributed by atoms with van der Waals surface area (Å²) in [6.07, 6.45) is 1.77. The fraction of sp³-hybridized carbons (Fsp3) is 0.562. The van der Waals surface area contributed by atoms with Gasteiger partial charge in [-0.25, -0.2) is 0 Å². The van der Waals surface area contributed by atoms with E-state index in [9.17, 15) is 14.9 Å². The molecule has 8 nitrogen and oxygen atoms in total. The van der Waals surface area contributed by atoms with Crippen LogP contribution in [0, 0.1) is 16.0 Å². The molecule has 0 aromatic heterocycles. The number of nitrogens with one attached hydrogen (secondary N) is 1. The zero-order chi connectivity index (χ0) is 17.7. The number of nitro benzene ring substituents is 1. The molecule has 25 heavy (non-hydrogen) atoms. The minimum absolute atomic E-state index is 0. The van der Waals surface area contributed by atoms with Gasteiger partial charge in [0.15, 0.2) is 11.5 Å². The van der Waals surface area contributed by atoms with Gasteiger partial charge in [-0.2, -0.15) is 0 Å². The first-order valence-corrected chi connectivity index (χ1v) is 7.86. The molecule has 140 valence electrons. The minimum atomic E-state index is -0.567. The number of hydrogen-bond acceptors (Lipinski definition) is 6. The lowest BCUT2D eigenvalue weighted by molar-refractivity contribution is -0.385. The van der Waals surface area contributed by atoms with Crippen LogP contribution in [0.2, 0.25) is 0 Å². The van der Waals surface area contributed by atoms with E-state index in [4.69, 9.17) is 9.47 Å². The smallest absolute Gasteiger partial charge is 0.286 e. The normalized spacial score (nSPS) is 14.6. The maximum Gasteiger partial charge on any atom is 0.286 e. The number of carbonyl (C=O) groups is 1. The molecule has 1 aromatic carbocycles. The van der Waals surface area contributed by atoms with E-state index in [2.05, 4.69) is 5.32 Å². The van der Waals surface area contributed by atoms with E-state index in [1.165, 1.54) is 26.4 Å². The topological polar surface area (TPSA) is 93.9 Å². The second-order valence-electron chi connectivity index (χ2n) is 5.77. The standard InChI is InChI=1S/C16H23N3O5.ClH/c1-17-10-11-4-6-18(7-5-11)16(20)12-8-14(23-2)15(24-3)9-13(12)19(21)22;/h8-9,11,17H,4-7,10H2,1-3H3;1H. The number of halogens is 1. The average molecular weight is 374 g/mol. The molecule has 1 amide bonds. The van der Waals surface area contributed by atoms with Crippen molar-refractivity contribution in [2.24, 2.45) is 5.92 Å². The lowest BCUT2D eigenvalue weighted by Crippen LogP contribution is -2.40. The van der Waals surface area contributed by atoms with Crippen molar-refractivity contribution in [2.75, 3.05) is 40.9 Å². The molecule has 0 atom stereocenters. The molecule has 0 radical (unpaired) electrons. The molecule has 1 N–H and O–H groups in total. The van der Waals surface area contributed by atoms with E-state index < -0.39 is 4.92 Å². The van der Waals surface area contributed by atoms with Crippen molar-refractivity contribution in [3.63, 3.8) is 0 Å². The van der Waals surface area contributed by atoms with Crippen LogP contribution < -0.4 is 14.8 Å². The Bertz CT molecular complexity index is 618. The van der Waals surface area contributed by atoms with Gasteiger partial charge in [0.1, 0.15) is 5.56 Å². The number of piperidine rings is 1. The highest BCUT2D eigenvalue weighted by Gasteiger charge is 2.30. The van der Waals surface area contributed by atoms with Crippen LogP contribution >= 0.6 is 12.4 Å². The van der Waals surface area contributed by atoms with Gasteiger partial charge in [-0.05, 0) is 32.4 Å². The molecule has 1 aliphatic rings. The minimum Gasteiger partial charge on any atom is -0.493 e. The SMILES string of the molecule is CNCC1CCN(C(=O)c2cc(OC)c(OC)cc2[N+](=O)[O-])CC1.Cl. The molecule has 2 rings (SSSR count). The number of methoxy groups -OCH3 is 2. The number of ether oxygens (including phenoxy) is 2.